The molecule has 0 amide bonds. The standard InChI is InChI=1S/C11H16FN/c1-9(12)7-11-4-2-3-10(8-11)5-6-13/h2-4,8-9H,5-7,13H2,1H3. The summed E-state index contributed by atoms with van der Waals surface area (Å²) in [4.78, 5) is 0. The molecule has 0 fully saturated rings. The average Bonchev–Trinajstić information content (AvgIpc) is 2.04. The van der Waals surface area contributed by atoms with Crippen LogP contribution in [0.15, 0.2) is 24.3 Å². The predicted octanol–water partition coefficient (Wildman–Crippen LogP) is 2.09. The molecular formula is C11H16FN. The fourth-order valence-electron chi connectivity index (χ4n) is 1.40. The second-order valence-electron chi connectivity index (χ2n) is 3.34. The van der Waals surface area contributed by atoms with E-state index in [9.17, 15) is 4.39 Å². The summed E-state index contributed by atoms with van der Waals surface area (Å²) in [6, 6.07) is 7.97. The Morgan fingerprint density at radius 3 is 2.69 bits per heavy atom. The number of nitrogens with two attached hydrogens (primary N) is 1. The maximum Gasteiger partial charge on any atom is 0.101 e. The van der Waals surface area contributed by atoms with Crippen molar-refractivity contribution in [1.29, 1.82) is 0 Å². The monoisotopic (exact) mass is 181 g/mol. The van der Waals surface area contributed by atoms with E-state index >= 15 is 0 Å². The van der Waals surface area contributed by atoms with Gasteiger partial charge in [-0.15, -0.1) is 0 Å². The molecule has 0 saturated carbocycles. The molecule has 2 heteroatoms. The summed E-state index contributed by atoms with van der Waals surface area (Å²) in [7, 11) is 0. The van der Waals surface area contributed by atoms with Crippen LogP contribution in [0.3, 0.4) is 0 Å². The van der Waals surface area contributed by atoms with Crippen molar-refractivity contribution in [3.05, 3.63) is 35.4 Å². The lowest BCUT2D eigenvalue weighted by atomic mass is 10.0. The van der Waals surface area contributed by atoms with Crippen LogP contribution >= 0.6 is 0 Å². The number of rotatable bonds is 4. The quantitative estimate of drug-likeness (QED) is 0.756. The summed E-state index contributed by atoms with van der Waals surface area (Å²) in [5.41, 5.74) is 7.69. The van der Waals surface area contributed by atoms with E-state index in [1.54, 1.807) is 6.92 Å². The highest BCUT2D eigenvalue weighted by Gasteiger charge is 2.01. The Balaban J connectivity index is 2.67. The first-order valence-electron chi connectivity index (χ1n) is 4.64. The van der Waals surface area contributed by atoms with E-state index < -0.39 is 6.17 Å². The van der Waals surface area contributed by atoms with Crippen LogP contribution in [0.4, 0.5) is 4.39 Å². The van der Waals surface area contributed by atoms with Gasteiger partial charge in [0.05, 0.1) is 0 Å². The molecule has 1 aromatic rings. The van der Waals surface area contributed by atoms with Gasteiger partial charge >= 0.3 is 0 Å². The lowest BCUT2D eigenvalue weighted by Gasteiger charge is -2.04. The van der Waals surface area contributed by atoms with E-state index in [0.717, 1.165) is 12.0 Å². The molecular weight excluding hydrogens is 165 g/mol. The normalized spacial score (nSPS) is 12.8. The Labute approximate surface area is 78.8 Å². The molecule has 0 saturated heterocycles. The molecule has 1 nitrogen and oxygen atoms in total. The number of hydrogen-bond donors (Lipinski definition) is 1. The van der Waals surface area contributed by atoms with Gasteiger partial charge in [-0.25, -0.2) is 4.39 Å². The van der Waals surface area contributed by atoms with E-state index in [0.29, 0.717) is 13.0 Å². The second kappa shape index (κ2) is 4.97. The van der Waals surface area contributed by atoms with Crippen molar-refractivity contribution < 1.29 is 4.39 Å². The molecule has 0 radical (unpaired) electrons. The summed E-state index contributed by atoms with van der Waals surface area (Å²) in [6.45, 7) is 2.23. The SMILES string of the molecule is CC(F)Cc1cccc(CCN)c1. The van der Waals surface area contributed by atoms with Crippen LogP contribution in [0.5, 0.6) is 0 Å². The lowest BCUT2D eigenvalue weighted by Crippen LogP contribution is -2.04. The first-order chi connectivity index (χ1) is 6.22. The Morgan fingerprint density at radius 1 is 1.38 bits per heavy atom. The maximum absolute atomic E-state index is 12.7. The van der Waals surface area contributed by atoms with Gasteiger partial charge in [-0.1, -0.05) is 24.3 Å². The highest BCUT2D eigenvalue weighted by molar-refractivity contribution is 5.24. The molecule has 0 aliphatic carbocycles. The molecule has 1 atom stereocenters. The van der Waals surface area contributed by atoms with Gasteiger partial charge < -0.3 is 5.73 Å². The molecule has 2 N–H and O–H groups in total. The number of halogens is 1. The van der Waals surface area contributed by atoms with Crippen molar-refractivity contribution in [2.75, 3.05) is 6.54 Å². The van der Waals surface area contributed by atoms with Crippen LogP contribution in [0.25, 0.3) is 0 Å². The Kier molecular flexibility index (Phi) is 3.90. The summed E-state index contributed by atoms with van der Waals surface area (Å²) in [6.07, 6.45) is 0.598. The van der Waals surface area contributed by atoms with Gasteiger partial charge in [-0.05, 0) is 31.0 Å². The maximum atomic E-state index is 12.7. The molecule has 0 aliphatic rings. The molecule has 0 aromatic heterocycles. The molecule has 0 aliphatic heterocycles. The van der Waals surface area contributed by atoms with E-state index in [1.807, 2.05) is 24.3 Å². The highest BCUT2D eigenvalue weighted by atomic mass is 19.1. The topological polar surface area (TPSA) is 26.0 Å². The van der Waals surface area contributed by atoms with E-state index in [-0.39, 0.29) is 0 Å². The van der Waals surface area contributed by atoms with Crippen molar-refractivity contribution >= 4 is 0 Å². The minimum Gasteiger partial charge on any atom is -0.330 e. The third kappa shape index (κ3) is 3.55. The molecule has 72 valence electrons. The number of benzene rings is 1. The van der Waals surface area contributed by atoms with Crippen LogP contribution in [-0.2, 0) is 12.8 Å². The zero-order valence-electron chi connectivity index (χ0n) is 7.96. The second-order valence-corrected chi connectivity index (χ2v) is 3.34. The van der Waals surface area contributed by atoms with Crippen LogP contribution in [0.2, 0.25) is 0 Å². The first kappa shape index (κ1) is 10.2. The van der Waals surface area contributed by atoms with Crippen LogP contribution < -0.4 is 5.73 Å². The summed E-state index contributed by atoms with van der Waals surface area (Å²) in [5, 5.41) is 0. The molecule has 0 heterocycles. The molecule has 0 spiro atoms. The van der Waals surface area contributed by atoms with Gasteiger partial charge in [-0.2, -0.15) is 0 Å². The van der Waals surface area contributed by atoms with E-state index in [1.165, 1.54) is 5.56 Å². The van der Waals surface area contributed by atoms with Gasteiger partial charge in [0.2, 0.25) is 0 Å². The largest absolute Gasteiger partial charge is 0.330 e. The Hall–Kier alpha value is -0.890. The predicted molar refractivity (Wildman–Crippen MR) is 53.5 cm³/mol. The zero-order chi connectivity index (χ0) is 9.68. The van der Waals surface area contributed by atoms with Crippen LogP contribution in [-0.4, -0.2) is 12.7 Å². The smallest absolute Gasteiger partial charge is 0.101 e. The van der Waals surface area contributed by atoms with Crippen molar-refractivity contribution in [2.45, 2.75) is 25.9 Å². The highest BCUT2D eigenvalue weighted by Crippen LogP contribution is 2.09. The zero-order valence-corrected chi connectivity index (χ0v) is 7.96. The fourth-order valence-corrected chi connectivity index (χ4v) is 1.40. The minimum atomic E-state index is -0.770. The Bertz CT molecular complexity index is 258. The van der Waals surface area contributed by atoms with Crippen LogP contribution in [0, 0.1) is 0 Å². The van der Waals surface area contributed by atoms with Gasteiger partial charge in [0.15, 0.2) is 0 Å². The van der Waals surface area contributed by atoms with Gasteiger partial charge in [0.25, 0.3) is 0 Å². The number of hydrogen-bond acceptors (Lipinski definition) is 1. The van der Waals surface area contributed by atoms with Crippen molar-refractivity contribution in [1.82, 2.24) is 0 Å². The first-order valence-corrected chi connectivity index (χ1v) is 4.64. The average molecular weight is 181 g/mol. The minimum absolute atomic E-state index is 0.498. The van der Waals surface area contributed by atoms with Crippen LogP contribution in [0.1, 0.15) is 18.1 Å². The molecule has 1 unspecified atom stereocenters. The van der Waals surface area contributed by atoms with Crippen molar-refractivity contribution in [3.63, 3.8) is 0 Å². The number of alkyl halides is 1. The molecule has 0 bridgehead atoms. The van der Waals surface area contributed by atoms with Gasteiger partial charge in [-0.3, -0.25) is 0 Å². The third-order valence-electron chi connectivity index (χ3n) is 1.94. The third-order valence-corrected chi connectivity index (χ3v) is 1.94. The summed E-state index contributed by atoms with van der Waals surface area (Å²) in [5.74, 6) is 0. The molecule has 1 rings (SSSR count). The Morgan fingerprint density at radius 2 is 2.08 bits per heavy atom. The fraction of sp³-hybridized carbons (Fsp3) is 0.455. The van der Waals surface area contributed by atoms with Gasteiger partial charge in [0, 0.05) is 6.42 Å². The molecule has 13 heavy (non-hydrogen) atoms. The summed E-state index contributed by atoms with van der Waals surface area (Å²) < 4.78 is 12.7. The molecule has 1 aromatic carbocycles. The van der Waals surface area contributed by atoms with Crippen molar-refractivity contribution in [3.8, 4) is 0 Å². The summed E-state index contributed by atoms with van der Waals surface area (Å²) >= 11 is 0. The van der Waals surface area contributed by atoms with E-state index in [2.05, 4.69) is 0 Å². The van der Waals surface area contributed by atoms with E-state index in [4.69, 9.17) is 5.73 Å². The lowest BCUT2D eigenvalue weighted by molar-refractivity contribution is 0.360. The van der Waals surface area contributed by atoms with Crippen molar-refractivity contribution in [2.24, 2.45) is 5.73 Å². The van der Waals surface area contributed by atoms with Gasteiger partial charge in [0.1, 0.15) is 6.17 Å².